The first kappa shape index (κ1) is 18.7. The first-order valence-electron chi connectivity index (χ1n) is 10.2. The molecule has 2 aliphatic rings. The third kappa shape index (κ3) is 4.26. The van der Waals surface area contributed by atoms with E-state index in [1.54, 1.807) is 13.1 Å². The lowest BCUT2D eigenvalue weighted by Gasteiger charge is -2.34. The van der Waals surface area contributed by atoms with Crippen LogP contribution in [0.3, 0.4) is 0 Å². The summed E-state index contributed by atoms with van der Waals surface area (Å²) in [5.41, 5.74) is 1.20. The van der Waals surface area contributed by atoms with Crippen LogP contribution < -0.4 is 15.5 Å². The van der Waals surface area contributed by atoms with Gasteiger partial charge in [-0.25, -0.2) is 4.98 Å². The molecule has 2 heterocycles. The first-order chi connectivity index (χ1) is 13.6. The molecule has 28 heavy (non-hydrogen) atoms. The fraction of sp³-hybridized carbons (Fsp3) is 0.600. The lowest BCUT2D eigenvalue weighted by atomic mass is 9.83. The van der Waals surface area contributed by atoms with Crippen molar-refractivity contribution in [2.45, 2.75) is 69.9 Å². The molecule has 0 atom stereocenters. The minimum atomic E-state index is 0.0535. The zero-order chi connectivity index (χ0) is 19.5. The van der Waals surface area contributed by atoms with E-state index in [2.05, 4.69) is 41.8 Å². The van der Waals surface area contributed by atoms with E-state index in [0.717, 1.165) is 37.3 Å². The molecule has 2 fully saturated rings. The largest absolute Gasteiger partial charge is 0.354 e. The van der Waals surface area contributed by atoms with Gasteiger partial charge < -0.3 is 15.5 Å². The summed E-state index contributed by atoms with van der Waals surface area (Å²) in [6.07, 6.45) is 9.60. The molecular formula is C20H29N7O. The van der Waals surface area contributed by atoms with Gasteiger partial charge in [-0.1, -0.05) is 6.42 Å². The normalized spacial score (nSPS) is 22.4. The lowest BCUT2D eigenvalue weighted by molar-refractivity contribution is -0.119. The Kier molecular flexibility index (Phi) is 5.45. The predicted molar refractivity (Wildman–Crippen MR) is 109 cm³/mol. The van der Waals surface area contributed by atoms with E-state index in [4.69, 9.17) is 0 Å². The number of nitrogens with one attached hydrogen (secondary N) is 3. The van der Waals surface area contributed by atoms with Crippen LogP contribution in [-0.4, -0.2) is 45.2 Å². The molecule has 0 radical (unpaired) electrons. The fourth-order valence-electron chi connectivity index (χ4n) is 4.11. The summed E-state index contributed by atoms with van der Waals surface area (Å²) in [7, 11) is 2.05. The lowest BCUT2D eigenvalue weighted by Crippen LogP contribution is -2.42. The molecule has 0 aromatic carbocycles. The summed E-state index contributed by atoms with van der Waals surface area (Å²) >= 11 is 0. The number of anilines is 3. The molecule has 8 heteroatoms. The van der Waals surface area contributed by atoms with E-state index >= 15 is 0 Å². The zero-order valence-corrected chi connectivity index (χ0v) is 16.6. The van der Waals surface area contributed by atoms with Crippen molar-refractivity contribution >= 4 is 23.5 Å². The molecule has 8 nitrogen and oxygen atoms in total. The summed E-state index contributed by atoms with van der Waals surface area (Å²) in [4.78, 5) is 22.5. The number of hydrogen-bond acceptors (Lipinski definition) is 6. The van der Waals surface area contributed by atoms with Crippen LogP contribution in [0.15, 0.2) is 18.3 Å². The SMILES string of the molecule is CC(=O)NC1CCC(N(C)c2nccc(Nc3cc(C4CCC4)[nH]n3)n2)CC1. The number of H-pyrrole nitrogens is 1. The van der Waals surface area contributed by atoms with Crippen LogP contribution >= 0.6 is 0 Å². The van der Waals surface area contributed by atoms with E-state index in [-0.39, 0.29) is 5.91 Å². The van der Waals surface area contributed by atoms with Crippen molar-refractivity contribution < 1.29 is 4.79 Å². The number of carbonyl (C=O) groups excluding carboxylic acids is 1. The maximum atomic E-state index is 11.2. The number of aromatic nitrogens is 4. The highest BCUT2D eigenvalue weighted by Gasteiger charge is 2.26. The van der Waals surface area contributed by atoms with Crippen molar-refractivity contribution in [3.05, 3.63) is 24.0 Å². The molecule has 0 saturated heterocycles. The zero-order valence-electron chi connectivity index (χ0n) is 16.6. The molecule has 2 aliphatic carbocycles. The Hall–Kier alpha value is -2.64. The van der Waals surface area contributed by atoms with Crippen LogP contribution in [0.4, 0.5) is 17.6 Å². The molecule has 0 bridgehead atoms. The Morgan fingerprint density at radius 3 is 2.64 bits per heavy atom. The minimum absolute atomic E-state index is 0.0535. The Morgan fingerprint density at radius 2 is 1.96 bits per heavy atom. The molecule has 2 aromatic rings. The van der Waals surface area contributed by atoms with Crippen LogP contribution in [0.1, 0.15) is 63.5 Å². The third-order valence-corrected chi connectivity index (χ3v) is 6.01. The van der Waals surface area contributed by atoms with Crippen LogP contribution in [0.25, 0.3) is 0 Å². The molecule has 0 spiro atoms. The summed E-state index contributed by atoms with van der Waals surface area (Å²) in [6.45, 7) is 1.58. The van der Waals surface area contributed by atoms with Gasteiger partial charge in [-0.2, -0.15) is 10.1 Å². The number of rotatable bonds is 6. The molecule has 2 aromatic heterocycles. The summed E-state index contributed by atoms with van der Waals surface area (Å²) < 4.78 is 0. The second-order valence-electron chi connectivity index (χ2n) is 8.02. The van der Waals surface area contributed by atoms with Crippen molar-refractivity contribution in [1.29, 1.82) is 0 Å². The van der Waals surface area contributed by atoms with Crippen molar-refractivity contribution in [1.82, 2.24) is 25.5 Å². The van der Waals surface area contributed by atoms with Crippen LogP contribution in [0, 0.1) is 0 Å². The van der Waals surface area contributed by atoms with Crippen molar-refractivity contribution in [2.24, 2.45) is 0 Å². The van der Waals surface area contributed by atoms with Gasteiger partial charge in [-0.3, -0.25) is 9.89 Å². The second kappa shape index (κ2) is 8.16. The van der Waals surface area contributed by atoms with Crippen molar-refractivity contribution in [2.75, 3.05) is 17.3 Å². The van der Waals surface area contributed by atoms with Crippen molar-refractivity contribution in [3.8, 4) is 0 Å². The smallest absolute Gasteiger partial charge is 0.227 e. The Labute approximate surface area is 165 Å². The maximum Gasteiger partial charge on any atom is 0.227 e. The Morgan fingerprint density at radius 1 is 1.18 bits per heavy atom. The van der Waals surface area contributed by atoms with E-state index in [1.807, 2.05) is 13.1 Å². The van der Waals surface area contributed by atoms with Crippen LogP contribution in [0.5, 0.6) is 0 Å². The monoisotopic (exact) mass is 383 g/mol. The second-order valence-corrected chi connectivity index (χ2v) is 8.02. The standard InChI is InChI=1S/C20H29N7O/c1-13(28)22-15-6-8-16(9-7-15)27(2)20-21-11-10-18(24-20)23-19-12-17(25-26-19)14-4-3-5-14/h10-12,14-16H,3-9H2,1-2H3,(H,22,28)(H2,21,23,24,25,26). The summed E-state index contributed by atoms with van der Waals surface area (Å²) in [5.74, 6) is 2.93. The average Bonchev–Trinajstić information content (AvgIpc) is 3.08. The molecule has 0 unspecified atom stereocenters. The van der Waals surface area contributed by atoms with Crippen LogP contribution in [-0.2, 0) is 4.79 Å². The molecule has 1 amide bonds. The first-order valence-corrected chi connectivity index (χ1v) is 10.2. The highest BCUT2D eigenvalue weighted by molar-refractivity contribution is 5.73. The summed E-state index contributed by atoms with van der Waals surface area (Å²) in [5, 5.41) is 13.8. The number of nitrogens with zero attached hydrogens (tertiary/aromatic N) is 4. The maximum absolute atomic E-state index is 11.2. The highest BCUT2D eigenvalue weighted by Crippen LogP contribution is 2.36. The van der Waals surface area contributed by atoms with Gasteiger partial charge in [-0.15, -0.1) is 0 Å². The minimum Gasteiger partial charge on any atom is -0.354 e. The van der Waals surface area contributed by atoms with E-state index in [0.29, 0.717) is 23.9 Å². The van der Waals surface area contributed by atoms with Gasteiger partial charge >= 0.3 is 0 Å². The number of carbonyl (C=O) groups is 1. The number of aromatic amines is 1. The Balaban J connectivity index is 1.36. The van der Waals surface area contributed by atoms with Crippen molar-refractivity contribution in [3.63, 3.8) is 0 Å². The molecular weight excluding hydrogens is 354 g/mol. The van der Waals surface area contributed by atoms with E-state index in [9.17, 15) is 4.79 Å². The van der Waals surface area contributed by atoms with Gasteiger partial charge in [0.15, 0.2) is 5.82 Å². The van der Waals surface area contributed by atoms with Crippen LogP contribution in [0.2, 0.25) is 0 Å². The Bertz CT molecular complexity index is 808. The van der Waals surface area contributed by atoms with E-state index < -0.39 is 0 Å². The van der Waals surface area contributed by atoms with Gasteiger partial charge in [0.1, 0.15) is 5.82 Å². The molecule has 3 N–H and O–H groups in total. The van der Waals surface area contributed by atoms with Gasteiger partial charge in [0.05, 0.1) is 0 Å². The molecule has 150 valence electrons. The van der Waals surface area contributed by atoms with Gasteiger partial charge in [0.25, 0.3) is 0 Å². The molecule has 2 saturated carbocycles. The van der Waals surface area contributed by atoms with Gasteiger partial charge in [-0.05, 0) is 44.6 Å². The third-order valence-electron chi connectivity index (χ3n) is 6.01. The number of hydrogen-bond donors (Lipinski definition) is 3. The number of amides is 1. The highest BCUT2D eigenvalue weighted by atomic mass is 16.1. The topological polar surface area (TPSA) is 98.8 Å². The fourth-order valence-corrected chi connectivity index (χ4v) is 4.11. The molecule has 4 rings (SSSR count). The van der Waals surface area contributed by atoms with E-state index in [1.165, 1.54) is 25.0 Å². The van der Waals surface area contributed by atoms with Gasteiger partial charge in [0, 0.05) is 49.9 Å². The van der Waals surface area contributed by atoms with Gasteiger partial charge in [0.2, 0.25) is 11.9 Å². The quantitative estimate of drug-likeness (QED) is 0.709. The average molecular weight is 384 g/mol. The molecule has 0 aliphatic heterocycles. The summed E-state index contributed by atoms with van der Waals surface area (Å²) in [6, 6.07) is 4.62. The predicted octanol–water partition coefficient (Wildman–Crippen LogP) is 3.09.